The average Bonchev–Trinajstić information content (AvgIpc) is 2.55. The van der Waals surface area contributed by atoms with Crippen molar-refractivity contribution in [2.24, 2.45) is 0 Å². The van der Waals surface area contributed by atoms with Crippen molar-refractivity contribution in [2.45, 2.75) is 18.7 Å². The van der Waals surface area contributed by atoms with Crippen molar-refractivity contribution < 1.29 is 17.9 Å². The molecule has 1 nitrogen and oxygen atoms in total. The summed E-state index contributed by atoms with van der Waals surface area (Å²) in [6.45, 7) is 0.468. The summed E-state index contributed by atoms with van der Waals surface area (Å²) in [7, 11) is 0. The van der Waals surface area contributed by atoms with Crippen LogP contribution in [0.1, 0.15) is 29.2 Å². The first kappa shape index (κ1) is 14.9. The molecule has 2 aromatic rings. The minimum Gasteiger partial charge on any atom is -0.369 e. The summed E-state index contributed by atoms with van der Waals surface area (Å²) in [5.41, 5.74) is 2.43. The second kappa shape index (κ2) is 5.97. The van der Waals surface area contributed by atoms with Crippen molar-refractivity contribution in [1.29, 1.82) is 0 Å². The van der Waals surface area contributed by atoms with E-state index in [0.717, 1.165) is 28.8 Å². The van der Waals surface area contributed by atoms with Gasteiger partial charge in [0.15, 0.2) is 0 Å². The molecule has 0 fully saturated rings. The van der Waals surface area contributed by atoms with Crippen LogP contribution in [0.4, 0.5) is 13.2 Å². The summed E-state index contributed by atoms with van der Waals surface area (Å²) < 4.78 is 43.5. The number of ether oxygens (including phenoxy) is 1. The maximum Gasteiger partial charge on any atom is 0.416 e. The van der Waals surface area contributed by atoms with E-state index in [1.807, 2.05) is 36.4 Å². The molecule has 0 spiro atoms. The lowest BCUT2D eigenvalue weighted by atomic mass is 9.94. The quantitative estimate of drug-likeness (QED) is 0.736. The van der Waals surface area contributed by atoms with Crippen molar-refractivity contribution in [3.63, 3.8) is 0 Å². The van der Waals surface area contributed by atoms with Crippen LogP contribution in [0.15, 0.2) is 60.7 Å². The Kier molecular flexibility index (Phi) is 4.03. The van der Waals surface area contributed by atoms with E-state index in [0.29, 0.717) is 13.0 Å². The number of benzene rings is 2. The SMILES string of the molecule is FC(F)(F)c1ccc(C2CC(c3ccccc3)=CCO2)cc1. The molecule has 0 saturated heterocycles. The summed E-state index contributed by atoms with van der Waals surface area (Å²) in [5.74, 6) is 0. The van der Waals surface area contributed by atoms with Gasteiger partial charge in [-0.1, -0.05) is 48.5 Å². The molecule has 3 rings (SSSR count). The van der Waals surface area contributed by atoms with Crippen LogP contribution in [0.2, 0.25) is 0 Å². The molecule has 0 saturated carbocycles. The van der Waals surface area contributed by atoms with E-state index in [1.54, 1.807) is 0 Å². The monoisotopic (exact) mass is 304 g/mol. The van der Waals surface area contributed by atoms with Gasteiger partial charge in [-0.3, -0.25) is 0 Å². The molecule has 0 aromatic heterocycles. The number of alkyl halides is 3. The van der Waals surface area contributed by atoms with Gasteiger partial charge in [0, 0.05) is 6.42 Å². The fourth-order valence-corrected chi connectivity index (χ4v) is 2.60. The van der Waals surface area contributed by atoms with Gasteiger partial charge < -0.3 is 4.74 Å². The highest BCUT2D eigenvalue weighted by Gasteiger charge is 2.30. The molecule has 1 aliphatic rings. The van der Waals surface area contributed by atoms with Crippen LogP contribution in [-0.2, 0) is 10.9 Å². The zero-order valence-electron chi connectivity index (χ0n) is 11.8. The van der Waals surface area contributed by atoms with Gasteiger partial charge in [0.2, 0.25) is 0 Å². The largest absolute Gasteiger partial charge is 0.416 e. The van der Waals surface area contributed by atoms with Crippen molar-refractivity contribution in [3.05, 3.63) is 77.4 Å². The lowest BCUT2D eigenvalue weighted by molar-refractivity contribution is -0.137. The Labute approximate surface area is 127 Å². The maximum atomic E-state index is 12.6. The van der Waals surface area contributed by atoms with E-state index in [4.69, 9.17) is 4.74 Å². The van der Waals surface area contributed by atoms with Gasteiger partial charge in [0.25, 0.3) is 0 Å². The lowest BCUT2D eigenvalue weighted by Gasteiger charge is -2.24. The van der Waals surface area contributed by atoms with E-state index in [2.05, 4.69) is 0 Å². The molecule has 114 valence electrons. The van der Waals surface area contributed by atoms with Crippen LogP contribution in [0.25, 0.3) is 5.57 Å². The highest BCUT2D eigenvalue weighted by atomic mass is 19.4. The predicted octanol–water partition coefficient (Wildman–Crippen LogP) is 5.25. The molecule has 22 heavy (non-hydrogen) atoms. The van der Waals surface area contributed by atoms with Crippen molar-refractivity contribution in [3.8, 4) is 0 Å². The fraction of sp³-hybridized carbons (Fsp3) is 0.222. The van der Waals surface area contributed by atoms with Gasteiger partial charge >= 0.3 is 6.18 Å². The van der Waals surface area contributed by atoms with Crippen LogP contribution < -0.4 is 0 Å². The van der Waals surface area contributed by atoms with Crippen molar-refractivity contribution in [2.75, 3.05) is 6.61 Å². The topological polar surface area (TPSA) is 9.23 Å². The first-order chi connectivity index (χ1) is 10.5. The minimum absolute atomic E-state index is 0.206. The van der Waals surface area contributed by atoms with Crippen LogP contribution >= 0.6 is 0 Å². The molecular formula is C18H15F3O. The number of rotatable bonds is 2. The zero-order valence-corrected chi connectivity index (χ0v) is 11.8. The van der Waals surface area contributed by atoms with Gasteiger partial charge in [0.1, 0.15) is 0 Å². The molecule has 1 unspecified atom stereocenters. The Balaban J connectivity index is 1.78. The first-order valence-electron chi connectivity index (χ1n) is 7.07. The van der Waals surface area contributed by atoms with Gasteiger partial charge in [-0.15, -0.1) is 0 Å². The number of hydrogen-bond acceptors (Lipinski definition) is 1. The molecule has 1 aliphatic heterocycles. The molecule has 0 amide bonds. The third-order valence-corrected chi connectivity index (χ3v) is 3.79. The minimum atomic E-state index is -4.30. The smallest absolute Gasteiger partial charge is 0.369 e. The Hall–Kier alpha value is -2.07. The highest BCUT2D eigenvalue weighted by Crippen LogP contribution is 2.35. The Morgan fingerprint density at radius 1 is 0.909 bits per heavy atom. The lowest BCUT2D eigenvalue weighted by Crippen LogP contribution is -2.12. The predicted molar refractivity (Wildman–Crippen MR) is 79.2 cm³/mol. The van der Waals surface area contributed by atoms with Crippen molar-refractivity contribution in [1.82, 2.24) is 0 Å². The summed E-state index contributed by atoms with van der Waals surface area (Å²) >= 11 is 0. The summed E-state index contributed by atoms with van der Waals surface area (Å²) in [6, 6.07) is 15.2. The Bertz CT molecular complexity index is 657. The number of hydrogen-bond donors (Lipinski definition) is 0. The molecular weight excluding hydrogens is 289 g/mol. The molecule has 1 heterocycles. The van der Waals surface area contributed by atoms with Crippen LogP contribution in [-0.4, -0.2) is 6.61 Å². The third-order valence-electron chi connectivity index (χ3n) is 3.79. The van der Waals surface area contributed by atoms with Crippen LogP contribution in [0.3, 0.4) is 0 Å². The molecule has 4 heteroatoms. The summed E-state index contributed by atoms with van der Waals surface area (Å²) in [5, 5.41) is 0. The Morgan fingerprint density at radius 3 is 2.23 bits per heavy atom. The zero-order chi connectivity index (χ0) is 15.6. The number of halogens is 3. The third kappa shape index (κ3) is 3.22. The van der Waals surface area contributed by atoms with Crippen molar-refractivity contribution >= 4 is 5.57 Å². The molecule has 1 atom stereocenters. The van der Waals surface area contributed by atoms with Gasteiger partial charge in [0.05, 0.1) is 18.3 Å². The second-order valence-electron chi connectivity index (χ2n) is 5.24. The maximum absolute atomic E-state index is 12.6. The van der Waals surface area contributed by atoms with E-state index in [1.165, 1.54) is 12.1 Å². The van der Waals surface area contributed by atoms with Gasteiger partial charge in [-0.05, 0) is 28.8 Å². The highest BCUT2D eigenvalue weighted by molar-refractivity contribution is 5.66. The van der Waals surface area contributed by atoms with E-state index in [-0.39, 0.29) is 6.10 Å². The van der Waals surface area contributed by atoms with E-state index in [9.17, 15) is 13.2 Å². The van der Waals surface area contributed by atoms with Crippen LogP contribution in [0, 0.1) is 0 Å². The standard InChI is InChI=1S/C18H15F3O/c19-18(20,21)16-8-6-14(7-9-16)17-12-15(10-11-22-17)13-4-2-1-3-5-13/h1-10,17H,11-12H2. The van der Waals surface area contributed by atoms with Gasteiger partial charge in [-0.2, -0.15) is 13.2 Å². The molecule has 2 aromatic carbocycles. The Morgan fingerprint density at radius 2 is 1.59 bits per heavy atom. The average molecular weight is 304 g/mol. The molecule has 0 radical (unpaired) electrons. The fourth-order valence-electron chi connectivity index (χ4n) is 2.60. The van der Waals surface area contributed by atoms with Crippen LogP contribution in [0.5, 0.6) is 0 Å². The second-order valence-corrected chi connectivity index (χ2v) is 5.24. The first-order valence-corrected chi connectivity index (χ1v) is 7.07. The normalized spacial score (nSPS) is 18.9. The molecule has 0 bridgehead atoms. The van der Waals surface area contributed by atoms with E-state index >= 15 is 0 Å². The summed E-state index contributed by atoms with van der Waals surface area (Å²) in [4.78, 5) is 0. The molecule has 0 N–H and O–H groups in total. The van der Waals surface area contributed by atoms with Gasteiger partial charge in [-0.25, -0.2) is 0 Å². The summed E-state index contributed by atoms with van der Waals surface area (Å²) in [6.07, 6.45) is -1.82. The molecule has 0 aliphatic carbocycles. The van der Waals surface area contributed by atoms with E-state index < -0.39 is 11.7 Å².